The van der Waals surface area contributed by atoms with E-state index in [0.29, 0.717) is 17.9 Å². The lowest BCUT2D eigenvalue weighted by molar-refractivity contribution is 0.339. The van der Waals surface area contributed by atoms with E-state index in [4.69, 9.17) is 10.00 Å². The van der Waals surface area contributed by atoms with Crippen molar-refractivity contribution in [3.63, 3.8) is 0 Å². The molecule has 0 unspecified atom stereocenters. The first-order chi connectivity index (χ1) is 8.74. The number of aromatic nitrogens is 1. The molecule has 0 fully saturated rings. The third kappa shape index (κ3) is 2.46. The summed E-state index contributed by atoms with van der Waals surface area (Å²) in [6, 6.07) is 8.05. The highest BCUT2D eigenvalue weighted by Gasteiger charge is 2.05. The summed E-state index contributed by atoms with van der Waals surface area (Å²) in [7, 11) is 0. The summed E-state index contributed by atoms with van der Waals surface area (Å²) in [5.74, 6) is 0.108. The largest absolute Gasteiger partial charge is 0.492 e. The second kappa shape index (κ2) is 5.28. The Labute approximate surface area is 104 Å². The minimum Gasteiger partial charge on any atom is -0.492 e. The molecule has 0 bridgehead atoms. The van der Waals surface area contributed by atoms with E-state index in [0.717, 1.165) is 5.56 Å². The number of halogens is 1. The lowest BCUT2D eigenvalue weighted by atomic mass is 10.1. The topological polar surface area (TPSA) is 45.9 Å². The highest BCUT2D eigenvalue weighted by molar-refractivity contribution is 5.64. The maximum atomic E-state index is 13.5. The van der Waals surface area contributed by atoms with E-state index >= 15 is 0 Å². The molecule has 0 radical (unpaired) electrons. The molecule has 90 valence electrons. The SMILES string of the molecule is CCOc1cncc(-c2ccc(C#N)c(F)c2)c1. The van der Waals surface area contributed by atoms with Crippen LogP contribution in [-0.2, 0) is 0 Å². The fourth-order valence-corrected chi connectivity index (χ4v) is 1.61. The van der Waals surface area contributed by atoms with Crippen LogP contribution < -0.4 is 4.74 Å². The van der Waals surface area contributed by atoms with Gasteiger partial charge in [0.25, 0.3) is 0 Å². The van der Waals surface area contributed by atoms with Gasteiger partial charge in [-0.25, -0.2) is 4.39 Å². The molecule has 0 saturated heterocycles. The molecule has 0 aliphatic rings. The van der Waals surface area contributed by atoms with E-state index in [1.54, 1.807) is 30.6 Å². The molecule has 0 spiro atoms. The van der Waals surface area contributed by atoms with Gasteiger partial charge in [-0.1, -0.05) is 6.07 Å². The van der Waals surface area contributed by atoms with Crippen LogP contribution in [-0.4, -0.2) is 11.6 Å². The van der Waals surface area contributed by atoms with E-state index in [9.17, 15) is 4.39 Å². The average molecular weight is 242 g/mol. The number of hydrogen-bond acceptors (Lipinski definition) is 3. The maximum absolute atomic E-state index is 13.5. The monoisotopic (exact) mass is 242 g/mol. The molecule has 0 aliphatic carbocycles. The van der Waals surface area contributed by atoms with Gasteiger partial charge in [-0.15, -0.1) is 0 Å². The molecular formula is C14H11FN2O. The van der Waals surface area contributed by atoms with Gasteiger partial charge in [0.1, 0.15) is 17.6 Å². The summed E-state index contributed by atoms with van der Waals surface area (Å²) in [5.41, 5.74) is 1.46. The number of ether oxygens (including phenoxy) is 1. The molecule has 2 rings (SSSR count). The normalized spacial score (nSPS) is 9.83. The van der Waals surface area contributed by atoms with Crippen molar-refractivity contribution in [1.29, 1.82) is 5.26 Å². The fraction of sp³-hybridized carbons (Fsp3) is 0.143. The molecule has 1 aromatic carbocycles. The first-order valence-corrected chi connectivity index (χ1v) is 5.52. The van der Waals surface area contributed by atoms with Crippen molar-refractivity contribution in [3.05, 3.63) is 48.0 Å². The third-order valence-corrected chi connectivity index (χ3v) is 2.45. The standard InChI is InChI=1S/C14H11FN2O/c1-2-18-13-5-12(8-17-9-13)10-3-4-11(7-16)14(15)6-10/h3-6,8-9H,2H2,1H3. The zero-order valence-electron chi connectivity index (χ0n) is 9.85. The summed E-state index contributed by atoms with van der Waals surface area (Å²) in [6.07, 6.45) is 3.23. The van der Waals surface area contributed by atoms with Crippen molar-refractivity contribution in [2.45, 2.75) is 6.92 Å². The lowest BCUT2D eigenvalue weighted by Crippen LogP contribution is -1.93. The van der Waals surface area contributed by atoms with Gasteiger partial charge < -0.3 is 4.74 Å². The van der Waals surface area contributed by atoms with Crippen molar-refractivity contribution < 1.29 is 9.13 Å². The van der Waals surface area contributed by atoms with Crippen LogP contribution >= 0.6 is 0 Å². The summed E-state index contributed by atoms with van der Waals surface area (Å²) < 4.78 is 18.8. The maximum Gasteiger partial charge on any atom is 0.141 e. The Kier molecular flexibility index (Phi) is 3.54. The number of benzene rings is 1. The van der Waals surface area contributed by atoms with Gasteiger partial charge >= 0.3 is 0 Å². The van der Waals surface area contributed by atoms with Gasteiger partial charge in [-0.2, -0.15) is 5.26 Å². The van der Waals surface area contributed by atoms with Crippen molar-refractivity contribution in [3.8, 4) is 22.9 Å². The van der Waals surface area contributed by atoms with Gasteiger partial charge in [0.05, 0.1) is 18.4 Å². The van der Waals surface area contributed by atoms with Crippen molar-refractivity contribution in [2.75, 3.05) is 6.61 Å². The van der Waals surface area contributed by atoms with Gasteiger partial charge in [0, 0.05) is 11.8 Å². The minimum atomic E-state index is -0.531. The van der Waals surface area contributed by atoms with E-state index < -0.39 is 5.82 Å². The van der Waals surface area contributed by atoms with Crippen LogP contribution in [0.4, 0.5) is 4.39 Å². The zero-order chi connectivity index (χ0) is 13.0. The molecular weight excluding hydrogens is 231 g/mol. The summed E-state index contributed by atoms with van der Waals surface area (Å²) >= 11 is 0. The number of nitrogens with zero attached hydrogens (tertiary/aromatic N) is 2. The van der Waals surface area contributed by atoms with Crippen LogP contribution in [0.2, 0.25) is 0 Å². The quantitative estimate of drug-likeness (QED) is 0.830. The first-order valence-electron chi connectivity index (χ1n) is 5.52. The average Bonchev–Trinajstić information content (AvgIpc) is 2.39. The Balaban J connectivity index is 2.40. The number of pyridine rings is 1. The van der Waals surface area contributed by atoms with Crippen LogP contribution in [0.5, 0.6) is 5.75 Å². The molecule has 1 heterocycles. The van der Waals surface area contributed by atoms with Crippen LogP contribution in [0.1, 0.15) is 12.5 Å². The summed E-state index contributed by atoms with van der Waals surface area (Å²) in [4.78, 5) is 4.04. The number of rotatable bonds is 3. The van der Waals surface area contributed by atoms with Crippen molar-refractivity contribution in [2.24, 2.45) is 0 Å². The Morgan fingerprint density at radius 2 is 2.11 bits per heavy atom. The molecule has 3 nitrogen and oxygen atoms in total. The molecule has 0 saturated carbocycles. The van der Waals surface area contributed by atoms with E-state index in [1.807, 2.05) is 6.92 Å². The van der Waals surface area contributed by atoms with E-state index in [-0.39, 0.29) is 5.56 Å². The summed E-state index contributed by atoms with van der Waals surface area (Å²) in [6.45, 7) is 2.43. The van der Waals surface area contributed by atoms with Crippen LogP contribution in [0, 0.1) is 17.1 Å². The first kappa shape index (κ1) is 12.1. The Morgan fingerprint density at radius 3 is 2.78 bits per heavy atom. The second-order valence-corrected chi connectivity index (χ2v) is 3.65. The molecule has 1 aromatic heterocycles. The Bertz CT molecular complexity index is 605. The zero-order valence-corrected chi connectivity index (χ0v) is 9.85. The fourth-order valence-electron chi connectivity index (χ4n) is 1.61. The van der Waals surface area contributed by atoms with Crippen molar-refractivity contribution in [1.82, 2.24) is 4.98 Å². The highest BCUT2D eigenvalue weighted by Crippen LogP contribution is 2.24. The predicted octanol–water partition coefficient (Wildman–Crippen LogP) is 3.16. The minimum absolute atomic E-state index is 0.0349. The number of nitriles is 1. The van der Waals surface area contributed by atoms with E-state index in [2.05, 4.69) is 4.98 Å². The molecule has 0 amide bonds. The smallest absolute Gasteiger partial charge is 0.141 e. The molecule has 4 heteroatoms. The van der Waals surface area contributed by atoms with Gasteiger partial charge in [-0.3, -0.25) is 4.98 Å². The Morgan fingerprint density at radius 1 is 1.28 bits per heavy atom. The second-order valence-electron chi connectivity index (χ2n) is 3.65. The van der Waals surface area contributed by atoms with E-state index in [1.165, 1.54) is 12.1 Å². The summed E-state index contributed by atoms with van der Waals surface area (Å²) in [5, 5.41) is 8.67. The third-order valence-electron chi connectivity index (χ3n) is 2.45. The molecule has 0 aliphatic heterocycles. The molecule has 0 atom stereocenters. The van der Waals surface area contributed by atoms with Crippen LogP contribution in [0.3, 0.4) is 0 Å². The van der Waals surface area contributed by atoms with Gasteiger partial charge in [0.2, 0.25) is 0 Å². The molecule has 18 heavy (non-hydrogen) atoms. The van der Waals surface area contributed by atoms with Gasteiger partial charge in [-0.05, 0) is 30.7 Å². The van der Waals surface area contributed by atoms with Crippen LogP contribution in [0.15, 0.2) is 36.7 Å². The molecule has 0 N–H and O–H groups in total. The lowest BCUT2D eigenvalue weighted by Gasteiger charge is -2.06. The van der Waals surface area contributed by atoms with Crippen LogP contribution in [0.25, 0.3) is 11.1 Å². The number of hydrogen-bond donors (Lipinski definition) is 0. The van der Waals surface area contributed by atoms with Gasteiger partial charge in [0.15, 0.2) is 0 Å². The Hall–Kier alpha value is -2.41. The molecule has 2 aromatic rings. The highest BCUT2D eigenvalue weighted by atomic mass is 19.1. The van der Waals surface area contributed by atoms with Crippen molar-refractivity contribution >= 4 is 0 Å². The predicted molar refractivity (Wildman–Crippen MR) is 65.5 cm³/mol.